The Morgan fingerprint density at radius 2 is 1.91 bits per heavy atom. The number of nitrogens with zero attached hydrogens (tertiary/aromatic N) is 1. The third-order valence-electron chi connectivity index (χ3n) is 7.27. The second-order valence-corrected chi connectivity index (χ2v) is 8.81. The van der Waals surface area contributed by atoms with E-state index < -0.39 is 18.1 Å². The number of fused-ring (bicyclic) bond motifs is 5. The number of hydrogen-bond donors (Lipinski definition) is 1. The van der Waals surface area contributed by atoms with Crippen molar-refractivity contribution in [3.05, 3.63) is 0 Å². The van der Waals surface area contributed by atoms with Gasteiger partial charge in [-0.05, 0) is 30.1 Å². The van der Waals surface area contributed by atoms with E-state index in [0.717, 1.165) is 12.8 Å². The Morgan fingerprint density at radius 1 is 1.30 bits per heavy atom. The normalized spacial score (nSPS) is 40.3. The van der Waals surface area contributed by atoms with Gasteiger partial charge in [-0.1, -0.05) is 41.5 Å². The molecule has 3 rings (SSSR count). The van der Waals surface area contributed by atoms with Crippen LogP contribution >= 0.6 is 0 Å². The maximum Gasteiger partial charge on any atom is 0.417 e. The quantitative estimate of drug-likeness (QED) is 0.867. The predicted molar refractivity (Wildman–Crippen MR) is 85.5 cm³/mol. The first-order chi connectivity index (χ1) is 10.5. The van der Waals surface area contributed by atoms with E-state index in [1.807, 2.05) is 13.8 Å². The minimum atomic E-state index is -0.753. The van der Waals surface area contributed by atoms with Crippen molar-refractivity contribution in [1.29, 1.82) is 0 Å². The van der Waals surface area contributed by atoms with Crippen LogP contribution in [0.1, 0.15) is 54.4 Å². The molecular weight excluding hydrogens is 294 g/mol. The van der Waals surface area contributed by atoms with E-state index in [-0.39, 0.29) is 40.7 Å². The molecule has 2 amide bonds. The molecule has 130 valence electrons. The van der Waals surface area contributed by atoms with Crippen LogP contribution in [0, 0.1) is 28.6 Å². The van der Waals surface area contributed by atoms with Gasteiger partial charge in [0.25, 0.3) is 0 Å². The number of carbonyl (C=O) groups excluding carboxylic acids is 2. The summed E-state index contributed by atoms with van der Waals surface area (Å²) in [6, 6.07) is -0.175. The second-order valence-electron chi connectivity index (χ2n) is 8.81. The van der Waals surface area contributed by atoms with Crippen LogP contribution < -0.4 is 0 Å². The molecule has 0 aromatic carbocycles. The van der Waals surface area contributed by atoms with E-state index in [9.17, 15) is 14.7 Å². The molecule has 0 aromatic rings. The number of rotatable bonds is 3. The van der Waals surface area contributed by atoms with Crippen LogP contribution in [0.25, 0.3) is 0 Å². The molecule has 1 heterocycles. The molecular formula is C18H29NO4. The van der Waals surface area contributed by atoms with Gasteiger partial charge in [-0.2, -0.15) is 0 Å². The van der Waals surface area contributed by atoms with Crippen LogP contribution in [0.15, 0.2) is 0 Å². The summed E-state index contributed by atoms with van der Waals surface area (Å²) in [7, 11) is 0. The first-order valence-electron chi connectivity index (χ1n) is 8.75. The maximum atomic E-state index is 12.9. The van der Waals surface area contributed by atoms with Crippen LogP contribution in [0.4, 0.5) is 4.79 Å². The first kappa shape index (κ1) is 16.7. The number of imide groups is 1. The highest BCUT2D eigenvalue weighted by Gasteiger charge is 2.73. The average Bonchev–Trinajstić information content (AvgIpc) is 2.98. The highest BCUT2D eigenvalue weighted by atomic mass is 16.6. The maximum absolute atomic E-state index is 12.9. The highest BCUT2D eigenvalue weighted by Crippen LogP contribution is 2.68. The lowest BCUT2D eigenvalue weighted by atomic mass is 9.70. The summed E-state index contributed by atoms with van der Waals surface area (Å²) < 4.78 is 5.67. The standard InChI is InChI=1S/C18H29NO4/c1-9(2)13(20)10(3)15(21)19-12-11-7-8-18(6,17(11,4)5)14(12)23-16(19)22/h9-14,20H,7-8H2,1-6H3/t10-,11+,12-,13-,14-,18-/m1/s1. The summed E-state index contributed by atoms with van der Waals surface area (Å²) in [6.45, 7) is 12.1. The molecule has 2 bridgehead atoms. The molecule has 2 aliphatic carbocycles. The molecule has 3 fully saturated rings. The van der Waals surface area contributed by atoms with E-state index in [2.05, 4.69) is 20.8 Å². The molecule has 6 atom stereocenters. The van der Waals surface area contributed by atoms with E-state index >= 15 is 0 Å². The number of aliphatic hydroxyl groups is 1. The van der Waals surface area contributed by atoms with Crippen molar-refractivity contribution in [2.45, 2.75) is 72.6 Å². The molecule has 5 nitrogen and oxygen atoms in total. The Balaban J connectivity index is 1.91. The second kappa shape index (κ2) is 4.95. The molecule has 2 saturated carbocycles. The average molecular weight is 323 g/mol. The van der Waals surface area contributed by atoms with Crippen molar-refractivity contribution >= 4 is 12.0 Å². The lowest BCUT2D eigenvalue weighted by Crippen LogP contribution is -2.49. The van der Waals surface area contributed by atoms with Crippen LogP contribution in [0.5, 0.6) is 0 Å². The van der Waals surface area contributed by atoms with Crippen LogP contribution in [0.2, 0.25) is 0 Å². The molecule has 1 N–H and O–H groups in total. The number of aliphatic hydroxyl groups excluding tert-OH is 1. The van der Waals surface area contributed by atoms with Crippen molar-refractivity contribution in [3.8, 4) is 0 Å². The lowest BCUT2D eigenvalue weighted by molar-refractivity contribution is -0.138. The molecule has 0 unspecified atom stereocenters. The number of amides is 2. The Morgan fingerprint density at radius 3 is 2.48 bits per heavy atom. The fourth-order valence-corrected chi connectivity index (χ4v) is 5.24. The summed E-state index contributed by atoms with van der Waals surface area (Å²) in [5, 5.41) is 10.2. The Labute approximate surface area is 138 Å². The summed E-state index contributed by atoms with van der Waals surface area (Å²) in [5.74, 6) is -0.652. The van der Waals surface area contributed by atoms with Crippen LogP contribution in [-0.2, 0) is 9.53 Å². The van der Waals surface area contributed by atoms with Gasteiger partial charge in [0, 0.05) is 5.41 Å². The summed E-state index contributed by atoms with van der Waals surface area (Å²) in [5.41, 5.74) is -0.0333. The Kier molecular flexibility index (Phi) is 3.60. The van der Waals surface area contributed by atoms with E-state index in [4.69, 9.17) is 4.74 Å². The minimum absolute atomic E-state index is 0.0302. The Bertz CT molecular complexity index is 543. The Hall–Kier alpha value is -1.10. The van der Waals surface area contributed by atoms with Crippen molar-refractivity contribution in [1.82, 2.24) is 4.90 Å². The van der Waals surface area contributed by atoms with Gasteiger partial charge in [-0.25, -0.2) is 9.69 Å². The van der Waals surface area contributed by atoms with Crippen molar-refractivity contribution in [2.75, 3.05) is 0 Å². The van der Waals surface area contributed by atoms with Crippen molar-refractivity contribution < 1.29 is 19.4 Å². The van der Waals surface area contributed by atoms with Crippen LogP contribution in [0.3, 0.4) is 0 Å². The fourth-order valence-electron chi connectivity index (χ4n) is 5.24. The molecule has 3 aliphatic rings. The SMILES string of the molecule is CC(C)[C@@H](O)[C@@H](C)C(=O)N1C(=O)O[C@@H]2[C@H]1[C@@H]1CC[C@@]2(C)C1(C)C. The van der Waals surface area contributed by atoms with Crippen molar-refractivity contribution in [2.24, 2.45) is 28.6 Å². The lowest BCUT2D eigenvalue weighted by Gasteiger charge is -2.36. The zero-order valence-corrected chi connectivity index (χ0v) is 15.0. The molecule has 1 saturated heterocycles. The number of carbonyl (C=O) groups is 2. The molecule has 0 radical (unpaired) electrons. The van der Waals surface area contributed by atoms with Gasteiger partial charge in [0.15, 0.2) is 0 Å². The molecule has 23 heavy (non-hydrogen) atoms. The van der Waals surface area contributed by atoms with Crippen LogP contribution in [-0.4, -0.2) is 40.3 Å². The summed E-state index contributed by atoms with van der Waals surface area (Å²) in [6.07, 6.45) is 0.561. The zero-order valence-electron chi connectivity index (χ0n) is 15.0. The smallest absolute Gasteiger partial charge is 0.417 e. The van der Waals surface area contributed by atoms with Gasteiger partial charge in [0.05, 0.1) is 18.1 Å². The van der Waals surface area contributed by atoms with Gasteiger partial charge >= 0.3 is 6.09 Å². The van der Waals surface area contributed by atoms with E-state index in [0.29, 0.717) is 0 Å². The largest absolute Gasteiger partial charge is 0.443 e. The number of hydrogen-bond acceptors (Lipinski definition) is 4. The topological polar surface area (TPSA) is 66.8 Å². The van der Waals surface area contributed by atoms with E-state index in [1.54, 1.807) is 6.92 Å². The third-order valence-corrected chi connectivity index (χ3v) is 7.27. The summed E-state index contributed by atoms with van der Waals surface area (Å²) in [4.78, 5) is 26.6. The van der Waals surface area contributed by atoms with Gasteiger partial charge in [-0.15, -0.1) is 0 Å². The number of ether oxygens (including phenoxy) is 1. The molecule has 0 spiro atoms. The summed E-state index contributed by atoms with van der Waals surface area (Å²) >= 11 is 0. The predicted octanol–water partition coefficient (Wildman–Crippen LogP) is 2.81. The van der Waals surface area contributed by atoms with Gasteiger partial charge in [-0.3, -0.25) is 4.79 Å². The van der Waals surface area contributed by atoms with Crippen molar-refractivity contribution in [3.63, 3.8) is 0 Å². The van der Waals surface area contributed by atoms with E-state index in [1.165, 1.54) is 4.90 Å². The molecule has 1 aliphatic heterocycles. The molecule has 0 aromatic heterocycles. The van der Waals surface area contributed by atoms with Gasteiger partial charge in [0.2, 0.25) is 5.91 Å². The van der Waals surface area contributed by atoms with Gasteiger partial charge < -0.3 is 9.84 Å². The zero-order chi connectivity index (χ0) is 17.3. The minimum Gasteiger partial charge on any atom is -0.443 e. The molecule has 5 heteroatoms. The highest BCUT2D eigenvalue weighted by molar-refractivity contribution is 5.95. The van der Waals surface area contributed by atoms with Gasteiger partial charge in [0.1, 0.15) is 6.10 Å². The fraction of sp³-hybridized carbons (Fsp3) is 0.889. The third kappa shape index (κ3) is 1.95. The monoisotopic (exact) mass is 323 g/mol. The first-order valence-corrected chi connectivity index (χ1v) is 8.75.